The van der Waals surface area contributed by atoms with Crippen LogP contribution in [0.3, 0.4) is 0 Å². The average molecular weight is 403 g/mol. The highest BCUT2D eigenvalue weighted by atomic mass is 79.9. The van der Waals surface area contributed by atoms with Crippen molar-refractivity contribution in [3.63, 3.8) is 0 Å². The molecule has 0 spiro atoms. The van der Waals surface area contributed by atoms with E-state index >= 15 is 0 Å². The van der Waals surface area contributed by atoms with Gasteiger partial charge in [0.1, 0.15) is 12.4 Å². The Kier molecular flexibility index (Phi) is 4.77. The Bertz CT molecular complexity index is 662. The van der Waals surface area contributed by atoms with E-state index in [9.17, 15) is 9.18 Å². The molecule has 2 aromatic rings. The molecule has 0 saturated heterocycles. The average Bonchev–Trinajstić information content (AvgIpc) is 2.42. The van der Waals surface area contributed by atoms with Crippen LogP contribution in [-0.2, 0) is 11.3 Å². The first kappa shape index (κ1) is 15.0. The first-order valence-electron chi connectivity index (χ1n) is 5.64. The predicted octanol–water partition coefficient (Wildman–Crippen LogP) is 4.29. The summed E-state index contributed by atoms with van der Waals surface area (Å²) < 4.78 is 19.5. The molecular weight excluding hydrogens is 393 g/mol. The Morgan fingerprint density at radius 1 is 1.25 bits per heavy atom. The van der Waals surface area contributed by atoms with E-state index in [2.05, 4.69) is 31.9 Å². The van der Waals surface area contributed by atoms with Crippen molar-refractivity contribution in [2.75, 3.05) is 5.73 Å². The summed E-state index contributed by atoms with van der Waals surface area (Å²) in [5.41, 5.74) is 7.03. The summed E-state index contributed by atoms with van der Waals surface area (Å²) in [5, 5.41) is 0. The maximum absolute atomic E-state index is 13.1. The number of nitrogen functional groups attached to an aromatic ring is 1. The van der Waals surface area contributed by atoms with Crippen LogP contribution in [0.4, 0.5) is 10.1 Å². The van der Waals surface area contributed by atoms with Gasteiger partial charge >= 0.3 is 5.97 Å². The Morgan fingerprint density at radius 3 is 2.75 bits per heavy atom. The van der Waals surface area contributed by atoms with E-state index in [1.807, 2.05) is 0 Å². The third-order valence-corrected chi connectivity index (χ3v) is 4.27. The van der Waals surface area contributed by atoms with Crippen LogP contribution in [0.15, 0.2) is 45.3 Å². The third-order valence-electron chi connectivity index (χ3n) is 2.62. The highest BCUT2D eigenvalue weighted by Crippen LogP contribution is 2.25. The van der Waals surface area contributed by atoms with Gasteiger partial charge in [0.25, 0.3) is 0 Å². The number of carbonyl (C=O) groups excluding carboxylic acids is 1. The third kappa shape index (κ3) is 3.37. The number of esters is 1. The molecule has 0 aliphatic heterocycles. The smallest absolute Gasteiger partial charge is 0.339 e. The summed E-state index contributed by atoms with van der Waals surface area (Å²) >= 11 is 6.51. The number of rotatable bonds is 3. The minimum absolute atomic E-state index is 0.0293. The van der Waals surface area contributed by atoms with Crippen molar-refractivity contribution in [2.24, 2.45) is 0 Å². The summed E-state index contributed by atoms with van der Waals surface area (Å²) in [6, 6.07) is 9.13. The van der Waals surface area contributed by atoms with Gasteiger partial charge in [-0.15, -0.1) is 0 Å². The number of benzene rings is 2. The number of halogens is 3. The van der Waals surface area contributed by atoms with Crippen molar-refractivity contribution in [1.29, 1.82) is 0 Å². The lowest BCUT2D eigenvalue weighted by Gasteiger charge is -2.09. The molecule has 3 nitrogen and oxygen atoms in total. The number of nitrogens with two attached hydrogens (primary N) is 1. The van der Waals surface area contributed by atoms with Gasteiger partial charge in [0, 0.05) is 15.7 Å². The topological polar surface area (TPSA) is 52.3 Å². The van der Waals surface area contributed by atoms with E-state index in [1.54, 1.807) is 24.3 Å². The second-order valence-electron chi connectivity index (χ2n) is 4.02. The lowest BCUT2D eigenvalue weighted by molar-refractivity contribution is 0.0470. The quantitative estimate of drug-likeness (QED) is 0.615. The van der Waals surface area contributed by atoms with Crippen molar-refractivity contribution in [1.82, 2.24) is 0 Å². The summed E-state index contributed by atoms with van der Waals surface area (Å²) in [4.78, 5) is 12.0. The summed E-state index contributed by atoms with van der Waals surface area (Å²) in [7, 11) is 0. The monoisotopic (exact) mass is 401 g/mol. The number of hydrogen-bond donors (Lipinski definition) is 1. The second-order valence-corrected chi connectivity index (χ2v) is 5.67. The van der Waals surface area contributed by atoms with Gasteiger partial charge in [0.2, 0.25) is 0 Å². The second kappa shape index (κ2) is 6.37. The molecule has 20 heavy (non-hydrogen) atoms. The van der Waals surface area contributed by atoms with Crippen LogP contribution in [0, 0.1) is 5.82 Å². The largest absolute Gasteiger partial charge is 0.457 e. The molecule has 104 valence electrons. The molecule has 2 N–H and O–H groups in total. The zero-order valence-electron chi connectivity index (χ0n) is 10.2. The van der Waals surface area contributed by atoms with Crippen molar-refractivity contribution >= 4 is 43.5 Å². The van der Waals surface area contributed by atoms with Crippen LogP contribution in [0.25, 0.3) is 0 Å². The molecule has 0 heterocycles. The van der Waals surface area contributed by atoms with E-state index in [0.717, 1.165) is 0 Å². The van der Waals surface area contributed by atoms with Crippen molar-refractivity contribution in [3.05, 3.63) is 62.3 Å². The van der Waals surface area contributed by atoms with Gasteiger partial charge in [-0.2, -0.15) is 0 Å². The molecule has 6 heteroatoms. The zero-order chi connectivity index (χ0) is 14.7. The van der Waals surface area contributed by atoms with Gasteiger partial charge in [-0.05, 0) is 46.3 Å². The maximum atomic E-state index is 13.1. The van der Waals surface area contributed by atoms with E-state index in [0.29, 0.717) is 25.8 Å². The Hall–Kier alpha value is -1.40. The van der Waals surface area contributed by atoms with Crippen LogP contribution in [0.5, 0.6) is 0 Å². The van der Waals surface area contributed by atoms with E-state index in [1.165, 1.54) is 12.1 Å². The van der Waals surface area contributed by atoms with Crippen molar-refractivity contribution in [2.45, 2.75) is 6.61 Å². The minimum Gasteiger partial charge on any atom is -0.457 e. The molecular formula is C14H10Br2FNO2. The predicted molar refractivity (Wildman–Crippen MR) is 81.8 cm³/mol. The van der Waals surface area contributed by atoms with Crippen molar-refractivity contribution in [3.8, 4) is 0 Å². The van der Waals surface area contributed by atoms with Gasteiger partial charge in [0.15, 0.2) is 0 Å². The number of carbonyl (C=O) groups is 1. The van der Waals surface area contributed by atoms with E-state index in [-0.39, 0.29) is 12.4 Å². The summed E-state index contributed by atoms with van der Waals surface area (Å²) in [5.74, 6) is -0.912. The van der Waals surface area contributed by atoms with E-state index < -0.39 is 5.97 Å². The van der Waals surface area contributed by atoms with Crippen LogP contribution in [0.1, 0.15) is 15.9 Å². The number of anilines is 1. The molecule has 0 unspecified atom stereocenters. The van der Waals surface area contributed by atoms with Gasteiger partial charge in [-0.25, -0.2) is 9.18 Å². The molecule has 2 rings (SSSR count). The molecule has 0 saturated carbocycles. The fourth-order valence-electron chi connectivity index (χ4n) is 1.58. The fourth-order valence-corrected chi connectivity index (χ4v) is 2.37. The summed E-state index contributed by atoms with van der Waals surface area (Å²) in [6.45, 7) is -0.0293. The highest BCUT2D eigenvalue weighted by Gasteiger charge is 2.14. The molecule has 0 aliphatic rings. The molecule has 0 aliphatic carbocycles. The molecule has 0 aromatic heterocycles. The Labute approximate surface area is 132 Å². The van der Waals surface area contributed by atoms with Crippen molar-refractivity contribution < 1.29 is 13.9 Å². The van der Waals surface area contributed by atoms with Gasteiger partial charge in [-0.1, -0.05) is 22.0 Å². The van der Waals surface area contributed by atoms with Crippen LogP contribution in [-0.4, -0.2) is 5.97 Å². The molecule has 0 amide bonds. The van der Waals surface area contributed by atoms with E-state index in [4.69, 9.17) is 10.5 Å². The highest BCUT2D eigenvalue weighted by molar-refractivity contribution is 9.11. The molecule has 2 aromatic carbocycles. The molecule has 0 radical (unpaired) electrons. The number of hydrogen-bond acceptors (Lipinski definition) is 3. The fraction of sp³-hybridized carbons (Fsp3) is 0.0714. The van der Waals surface area contributed by atoms with Crippen LogP contribution >= 0.6 is 31.9 Å². The first-order chi connectivity index (χ1) is 9.49. The lowest BCUT2D eigenvalue weighted by Crippen LogP contribution is -2.07. The minimum atomic E-state index is -0.527. The molecule has 0 bridgehead atoms. The van der Waals surface area contributed by atoms with Gasteiger partial charge in [-0.3, -0.25) is 0 Å². The molecule has 0 atom stereocenters. The van der Waals surface area contributed by atoms with Gasteiger partial charge in [0.05, 0.1) is 10.0 Å². The first-order valence-corrected chi connectivity index (χ1v) is 7.22. The zero-order valence-corrected chi connectivity index (χ0v) is 13.4. The summed E-state index contributed by atoms with van der Waals surface area (Å²) in [6.07, 6.45) is 0. The normalized spacial score (nSPS) is 10.3. The number of ether oxygens (including phenoxy) is 1. The maximum Gasteiger partial charge on any atom is 0.339 e. The standard InChI is InChI=1S/C14H10Br2FNO2/c15-11-5-4-9(17)6-8(11)7-20-14(19)10-2-1-3-12(18)13(10)16/h1-6H,7,18H2. The lowest BCUT2D eigenvalue weighted by atomic mass is 10.2. The molecule has 0 fully saturated rings. The van der Waals surface area contributed by atoms with Crippen LogP contribution in [0.2, 0.25) is 0 Å². The Morgan fingerprint density at radius 2 is 2.00 bits per heavy atom. The van der Waals surface area contributed by atoms with Gasteiger partial charge < -0.3 is 10.5 Å². The SMILES string of the molecule is Nc1cccc(C(=O)OCc2cc(F)ccc2Br)c1Br. The van der Waals surface area contributed by atoms with Crippen LogP contribution < -0.4 is 5.73 Å². The Balaban J connectivity index is 2.13.